The number of Topliss-reactive ketones (excluding diaryl/α,β-unsaturated/α-hetero) is 1. The fourth-order valence-corrected chi connectivity index (χ4v) is 2.52. The van der Waals surface area contributed by atoms with Gasteiger partial charge in [0.1, 0.15) is 0 Å². The molecule has 0 N–H and O–H groups in total. The van der Waals surface area contributed by atoms with Crippen LogP contribution < -0.4 is 0 Å². The molecule has 3 heteroatoms. The van der Waals surface area contributed by atoms with E-state index in [1.165, 1.54) is 4.90 Å². The maximum absolute atomic E-state index is 12.6. The van der Waals surface area contributed by atoms with Gasteiger partial charge in [-0.15, -0.1) is 0 Å². The van der Waals surface area contributed by atoms with Crippen molar-refractivity contribution in [2.75, 3.05) is 26.7 Å². The highest BCUT2D eigenvalue weighted by molar-refractivity contribution is 6.00. The van der Waals surface area contributed by atoms with E-state index in [2.05, 4.69) is 0 Å². The van der Waals surface area contributed by atoms with Crippen LogP contribution in [0.15, 0.2) is 42.5 Å². The van der Waals surface area contributed by atoms with Gasteiger partial charge in [0.15, 0.2) is 5.78 Å². The van der Waals surface area contributed by atoms with Gasteiger partial charge >= 0.3 is 0 Å². The normalized spacial score (nSPS) is 23.0. The Morgan fingerprint density at radius 3 is 3.05 bits per heavy atom. The van der Waals surface area contributed by atoms with Crippen LogP contribution in [0, 0.1) is 0 Å². The van der Waals surface area contributed by atoms with Crippen LogP contribution in [0.5, 0.6) is 0 Å². The molecule has 1 saturated heterocycles. The van der Waals surface area contributed by atoms with Gasteiger partial charge in [0.25, 0.3) is 0 Å². The summed E-state index contributed by atoms with van der Waals surface area (Å²) in [5.41, 5.74) is 0.611. The summed E-state index contributed by atoms with van der Waals surface area (Å²) >= 11 is 0. The van der Waals surface area contributed by atoms with Crippen molar-refractivity contribution in [3.05, 3.63) is 48.0 Å². The predicted molar refractivity (Wildman–Crippen MR) is 80.1 cm³/mol. The van der Waals surface area contributed by atoms with Gasteiger partial charge in [-0.05, 0) is 23.8 Å². The summed E-state index contributed by atoms with van der Waals surface area (Å²) in [5, 5.41) is 2.08. The monoisotopic (exact) mass is 272 g/mol. The zero-order chi connectivity index (χ0) is 16.4. The predicted octanol–water partition coefficient (Wildman–Crippen LogP) is 2.74. The van der Waals surface area contributed by atoms with E-state index in [1.54, 1.807) is 6.07 Å². The maximum atomic E-state index is 12.6. The number of ketones is 1. The second-order valence-electron chi connectivity index (χ2n) is 5.11. The smallest absolute Gasteiger partial charge is 0.164 e. The number of hydrogen-bond donors (Lipinski definition) is 0. The number of ether oxygens (including phenoxy) is 1. The molecule has 3 nitrogen and oxygen atoms in total. The van der Waals surface area contributed by atoms with Crippen molar-refractivity contribution in [1.82, 2.24) is 4.90 Å². The summed E-state index contributed by atoms with van der Waals surface area (Å²) in [4.78, 5) is 14.0. The number of rotatable bonds is 3. The van der Waals surface area contributed by atoms with Crippen molar-refractivity contribution in [3.8, 4) is 0 Å². The Hall–Kier alpha value is -1.71. The Bertz CT molecular complexity index is 714. The summed E-state index contributed by atoms with van der Waals surface area (Å²) in [6.45, 7) is -1.21. The molecule has 0 aromatic heterocycles. The van der Waals surface area contributed by atoms with Gasteiger partial charge in [-0.3, -0.25) is 9.69 Å². The molecule has 2 aromatic rings. The maximum Gasteiger partial charge on any atom is 0.164 e. The van der Waals surface area contributed by atoms with E-state index in [4.69, 9.17) is 8.85 Å². The van der Waals surface area contributed by atoms with Crippen LogP contribution in [0.4, 0.5) is 0 Å². The minimum atomic E-state index is -2.20. The second kappa shape index (κ2) is 5.73. The minimum absolute atomic E-state index is 0.0551. The molecule has 20 heavy (non-hydrogen) atoms. The van der Waals surface area contributed by atoms with Crippen molar-refractivity contribution in [1.29, 1.82) is 0 Å². The molecule has 0 saturated carbocycles. The number of benzene rings is 2. The average molecular weight is 272 g/mol. The Morgan fingerprint density at radius 2 is 2.20 bits per heavy atom. The third kappa shape index (κ3) is 2.74. The molecule has 1 aliphatic rings. The molecule has 1 heterocycles. The van der Waals surface area contributed by atoms with E-state index >= 15 is 0 Å². The minimum Gasteiger partial charge on any atom is -0.378 e. The molecular weight excluding hydrogens is 250 g/mol. The first kappa shape index (κ1) is 10.1. The highest BCUT2D eigenvalue weighted by Gasteiger charge is 2.22. The zero-order valence-electron chi connectivity index (χ0n) is 14.2. The fourth-order valence-electron chi connectivity index (χ4n) is 2.52. The Balaban J connectivity index is 1.79. The lowest BCUT2D eigenvalue weighted by Crippen LogP contribution is -2.43. The van der Waals surface area contributed by atoms with Crippen molar-refractivity contribution in [3.63, 3.8) is 0 Å². The number of morpholine rings is 1. The van der Waals surface area contributed by atoms with Crippen LogP contribution in [0.2, 0.25) is 0 Å². The fraction of sp³-hybridized carbons (Fsp3) is 0.353. The third-order valence-electron chi connectivity index (χ3n) is 3.72. The number of nitrogens with zero attached hydrogens (tertiary/aromatic N) is 1. The van der Waals surface area contributed by atoms with Crippen LogP contribution in [0.3, 0.4) is 0 Å². The zero-order valence-corrected chi connectivity index (χ0v) is 11.2. The van der Waals surface area contributed by atoms with Crippen molar-refractivity contribution < 1.29 is 13.6 Å². The van der Waals surface area contributed by atoms with E-state index in [0.717, 1.165) is 10.8 Å². The van der Waals surface area contributed by atoms with Crippen molar-refractivity contribution in [2.24, 2.45) is 0 Å². The molecule has 0 spiro atoms. The van der Waals surface area contributed by atoms with Gasteiger partial charge in [0.2, 0.25) is 0 Å². The summed E-state index contributed by atoms with van der Waals surface area (Å²) < 4.78 is 28.2. The standard InChI is InChI=1S/C17H19NO2/c1-18-8-9-20-12-16(18)11-17(19)15-7-6-13-4-2-3-5-14(13)10-15/h2-7,10,16H,8-9,11-12H2,1H3/i1D3. The van der Waals surface area contributed by atoms with Gasteiger partial charge in [-0.25, -0.2) is 0 Å². The first-order valence-corrected chi connectivity index (χ1v) is 6.81. The van der Waals surface area contributed by atoms with Gasteiger partial charge in [0.05, 0.1) is 13.2 Å². The molecule has 104 valence electrons. The number of carbonyl (C=O) groups is 1. The van der Waals surface area contributed by atoms with E-state index in [-0.39, 0.29) is 18.8 Å². The number of hydrogen-bond acceptors (Lipinski definition) is 3. The Labute approximate surface area is 123 Å². The summed E-state index contributed by atoms with van der Waals surface area (Å²) in [6.07, 6.45) is 0.150. The Morgan fingerprint density at radius 1 is 1.35 bits per heavy atom. The molecule has 0 bridgehead atoms. The lowest BCUT2D eigenvalue weighted by molar-refractivity contribution is 0.00420. The molecule has 0 radical (unpaired) electrons. The Kier molecular flexibility index (Phi) is 2.89. The van der Waals surface area contributed by atoms with Crippen molar-refractivity contribution in [2.45, 2.75) is 12.5 Å². The SMILES string of the molecule is [2H]C([2H])([2H])N1CCOCC1CC(=O)c1ccc2ccccc2c1. The van der Waals surface area contributed by atoms with Crippen LogP contribution in [-0.2, 0) is 4.74 Å². The molecule has 1 atom stereocenters. The van der Waals surface area contributed by atoms with Crippen LogP contribution >= 0.6 is 0 Å². The average Bonchev–Trinajstić information content (AvgIpc) is 2.54. The van der Waals surface area contributed by atoms with E-state index < -0.39 is 13.0 Å². The molecule has 3 rings (SSSR count). The number of likely N-dealkylation sites (N-methyl/N-ethyl adjacent to an activating group) is 1. The molecule has 1 aliphatic heterocycles. The lowest BCUT2D eigenvalue weighted by atomic mass is 10.00. The largest absolute Gasteiger partial charge is 0.378 e. The van der Waals surface area contributed by atoms with Crippen LogP contribution in [0.1, 0.15) is 20.9 Å². The summed E-state index contributed by atoms with van der Waals surface area (Å²) in [6, 6.07) is 13.0. The molecule has 1 unspecified atom stereocenters. The number of fused-ring (bicyclic) bond motifs is 1. The van der Waals surface area contributed by atoms with Gasteiger partial charge < -0.3 is 4.74 Å². The first-order valence-electron chi connectivity index (χ1n) is 8.31. The highest BCUT2D eigenvalue weighted by atomic mass is 16.5. The summed E-state index contributed by atoms with van der Waals surface area (Å²) in [5.74, 6) is -0.0551. The van der Waals surface area contributed by atoms with E-state index in [9.17, 15) is 4.79 Å². The molecule has 2 aromatic carbocycles. The lowest BCUT2D eigenvalue weighted by Gasteiger charge is -2.31. The van der Waals surface area contributed by atoms with Crippen molar-refractivity contribution >= 4 is 16.6 Å². The van der Waals surface area contributed by atoms with Gasteiger partial charge in [-0.1, -0.05) is 36.4 Å². The molecule has 0 aliphatic carbocycles. The van der Waals surface area contributed by atoms with Gasteiger partial charge in [-0.2, -0.15) is 0 Å². The summed E-state index contributed by atoms with van der Waals surface area (Å²) in [7, 11) is 0. The molecular formula is C17H19NO2. The van der Waals surface area contributed by atoms with E-state index in [1.807, 2.05) is 36.4 Å². The molecule has 1 fully saturated rings. The third-order valence-corrected chi connectivity index (χ3v) is 3.72. The van der Waals surface area contributed by atoms with E-state index in [0.29, 0.717) is 18.7 Å². The van der Waals surface area contributed by atoms with Crippen LogP contribution in [-0.4, -0.2) is 43.5 Å². The molecule has 0 amide bonds. The first-order chi connectivity index (χ1) is 10.9. The quantitative estimate of drug-likeness (QED) is 0.805. The van der Waals surface area contributed by atoms with Gasteiger partial charge in [0, 0.05) is 28.7 Å². The highest BCUT2D eigenvalue weighted by Crippen LogP contribution is 2.18. The van der Waals surface area contributed by atoms with Crippen LogP contribution in [0.25, 0.3) is 10.8 Å². The number of carbonyl (C=O) groups excluding carboxylic acids is 1. The second-order valence-corrected chi connectivity index (χ2v) is 5.11. The topological polar surface area (TPSA) is 29.5 Å².